The van der Waals surface area contributed by atoms with Crippen LogP contribution in [0.5, 0.6) is 0 Å². The first-order valence-corrected chi connectivity index (χ1v) is 8.60. The monoisotopic (exact) mass is 386 g/mol. The number of aryl methyl sites for hydroxylation is 1. The molecule has 0 saturated heterocycles. The summed E-state index contributed by atoms with van der Waals surface area (Å²) in [5.74, 6) is 0.763. The molecule has 0 fully saturated rings. The van der Waals surface area contributed by atoms with Crippen molar-refractivity contribution in [1.82, 2.24) is 9.97 Å². The zero-order valence-electron chi connectivity index (χ0n) is 14.2. The molecule has 0 aliphatic carbocycles. The fourth-order valence-corrected chi connectivity index (χ4v) is 2.70. The van der Waals surface area contributed by atoms with E-state index in [1.807, 2.05) is 30.3 Å². The van der Waals surface area contributed by atoms with Gasteiger partial charge < -0.3 is 10.2 Å². The lowest BCUT2D eigenvalue weighted by molar-refractivity contribution is 0.0988. The number of rotatable bonds is 4. The van der Waals surface area contributed by atoms with Gasteiger partial charge in [0, 0.05) is 24.5 Å². The maximum absolute atomic E-state index is 12.8. The standard InChI is InChI=1S/C19H16Cl2N4O/c1-12-22-17(19(26)25(2)14-6-4-3-5-7-14)11-18(23-12)24-13-8-9-15(20)16(21)10-13/h3-11H,1-2H3,(H,22,23,24). The van der Waals surface area contributed by atoms with E-state index in [-0.39, 0.29) is 5.91 Å². The molecule has 1 heterocycles. The van der Waals surface area contributed by atoms with Crippen molar-refractivity contribution in [3.05, 3.63) is 76.2 Å². The number of carbonyl (C=O) groups is 1. The van der Waals surface area contributed by atoms with Gasteiger partial charge in [0.15, 0.2) is 0 Å². The molecule has 1 N–H and O–H groups in total. The average molecular weight is 387 g/mol. The Labute approximate surface area is 161 Å². The lowest BCUT2D eigenvalue weighted by Crippen LogP contribution is -2.27. The molecule has 2 aromatic carbocycles. The molecule has 0 atom stereocenters. The first kappa shape index (κ1) is 18.2. The Bertz CT molecular complexity index is 948. The van der Waals surface area contributed by atoms with Crippen LogP contribution in [0.15, 0.2) is 54.6 Å². The van der Waals surface area contributed by atoms with Crippen LogP contribution in [0.1, 0.15) is 16.3 Å². The minimum absolute atomic E-state index is 0.223. The van der Waals surface area contributed by atoms with Gasteiger partial charge in [-0.2, -0.15) is 0 Å². The Hall–Kier alpha value is -2.63. The molecule has 3 aromatic rings. The molecule has 5 nitrogen and oxygen atoms in total. The summed E-state index contributed by atoms with van der Waals surface area (Å²) in [6.07, 6.45) is 0. The van der Waals surface area contributed by atoms with Gasteiger partial charge in [-0.15, -0.1) is 0 Å². The first-order chi connectivity index (χ1) is 12.4. The zero-order valence-corrected chi connectivity index (χ0v) is 15.7. The molecule has 0 bridgehead atoms. The Kier molecular flexibility index (Phi) is 5.40. The molecule has 0 aliphatic rings. The maximum Gasteiger partial charge on any atom is 0.276 e. The molecule has 0 spiro atoms. The number of hydrogen-bond donors (Lipinski definition) is 1. The summed E-state index contributed by atoms with van der Waals surface area (Å²) in [5, 5.41) is 4.02. The number of nitrogens with zero attached hydrogens (tertiary/aromatic N) is 3. The van der Waals surface area contributed by atoms with Gasteiger partial charge in [-0.3, -0.25) is 4.79 Å². The van der Waals surface area contributed by atoms with E-state index in [2.05, 4.69) is 15.3 Å². The number of amides is 1. The van der Waals surface area contributed by atoms with Gasteiger partial charge in [0.05, 0.1) is 10.0 Å². The highest BCUT2D eigenvalue weighted by molar-refractivity contribution is 6.42. The first-order valence-electron chi connectivity index (χ1n) is 7.85. The summed E-state index contributed by atoms with van der Waals surface area (Å²) < 4.78 is 0. The molecular weight excluding hydrogens is 371 g/mol. The third-order valence-electron chi connectivity index (χ3n) is 3.70. The number of benzene rings is 2. The predicted octanol–water partition coefficient (Wildman–Crippen LogP) is 5.11. The molecule has 1 aromatic heterocycles. The Morgan fingerprint density at radius 3 is 2.42 bits per heavy atom. The van der Waals surface area contributed by atoms with E-state index in [1.54, 1.807) is 43.1 Å². The van der Waals surface area contributed by atoms with Crippen molar-refractivity contribution in [3.8, 4) is 0 Å². The fourth-order valence-electron chi connectivity index (χ4n) is 2.40. The van der Waals surface area contributed by atoms with Crippen LogP contribution in [-0.2, 0) is 0 Å². The summed E-state index contributed by atoms with van der Waals surface area (Å²) in [6.45, 7) is 1.74. The van der Waals surface area contributed by atoms with Gasteiger partial charge >= 0.3 is 0 Å². The largest absolute Gasteiger partial charge is 0.340 e. The van der Waals surface area contributed by atoms with Crippen LogP contribution in [0.25, 0.3) is 0 Å². The lowest BCUT2D eigenvalue weighted by atomic mass is 10.2. The number of carbonyl (C=O) groups excluding carboxylic acids is 1. The van der Waals surface area contributed by atoms with Crippen molar-refractivity contribution < 1.29 is 4.79 Å². The molecule has 132 valence electrons. The summed E-state index contributed by atoms with van der Waals surface area (Å²) in [5.41, 5.74) is 1.80. The lowest BCUT2D eigenvalue weighted by Gasteiger charge is -2.17. The van der Waals surface area contributed by atoms with Gasteiger partial charge in [0.1, 0.15) is 17.3 Å². The van der Waals surface area contributed by atoms with Crippen molar-refractivity contribution in [1.29, 1.82) is 0 Å². The normalized spacial score (nSPS) is 10.5. The van der Waals surface area contributed by atoms with Crippen molar-refractivity contribution in [2.24, 2.45) is 0 Å². The third-order valence-corrected chi connectivity index (χ3v) is 4.44. The summed E-state index contributed by atoms with van der Waals surface area (Å²) in [6, 6.07) is 16.1. The number of nitrogens with one attached hydrogen (secondary N) is 1. The Morgan fingerprint density at radius 2 is 1.73 bits per heavy atom. The van der Waals surface area contributed by atoms with E-state index < -0.39 is 0 Å². The van der Waals surface area contributed by atoms with Gasteiger partial charge in [-0.25, -0.2) is 9.97 Å². The average Bonchev–Trinajstić information content (AvgIpc) is 2.64. The third kappa shape index (κ3) is 4.12. The highest BCUT2D eigenvalue weighted by atomic mass is 35.5. The fraction of sp³-hybridized carbons (Fsp3) is 0.105. The van der Waals surface area contributed by atoms with E-state index in [0.717, 1.165) is 5.69 Å². The smallest absolute Gasteiger partial charge is 0.276 e. The van der Waals surface area contributed by atoms with Crippen LogP contribution in [0.4, 0.5) is 17.2 Å². The minimum atomic E-state index is -0.223. The van der Waals surface area contributed by atoms with Crippen LogP contribution in [0.3, 0.4) is 0 Å². The van der Waals surface area contributed by atoms with Crippen LogP contribution >= 0.6 is 23.2 Å². The second kappa shape index (κ2) is 7.72. The van der Waals surface area contributed by atoms with E-state index in [9.17, 15) is 4.79 Å². The second-order valence-electron chi connectivity index (χ2n) is 5.64. The highest BCUT2D eigenvalue weighted by Gasteiger charge is 2.16. The zero-order chi connectivity index (χ0) is 18.7. The van der Waals surface area contributed by atoms with E-state index in [4.69, 9.17) is 23.2 Å². The summed E-state index contributed by atoms with van der Waals surface area (Å²) in [7, 11) is 1.71. The molecule has 1 amide bonds. The quantitative estimate of drug-likeness (QED) is 0.676. The predicted molar refractivity (Wildman–Crippen MR) is 106 cm³/mol. The van der Waals surface area contributed by atoms with E-state index in [0.29, 0.717) is 33.1 Å². The van der Waals surface area contributed by atoms with Crippen molar-refractivity contribution in [3.63, 3.8) is 0 Å². The number of anilines is 3. The molecule has 3 rings (SSSR count). The van der Waals surface area contributed by atoms with Gasteiger partial charge in [-0.05, 0) is 37.3 Å². The van der Waals surface area contributed by atoms with Gasteiger partial charge in [-0.1, -0.05) is 41.4 Å². The molecule has 0 aliphatic heterocycles. The minimum Gasteiger partial charge on any atom is -0.340 e. The van der Waals surface area contributed by atoms with E-state index in [1.165, 1.54) is 0 Å². The molecule has 0 radical (unpaired) electrons. The topological polar surface area (TPSA) is 58.1 Å². The maximum atomic E-state index is 12.8. The SMILES string of the molecule is Cc1nc(Nc2ccc(Cl)c(Cl)c2)cc(C(=O)N(C)c2ccccc2)n1. The summed E-state index contributed by atoms with van der Waals surface area (Å²) >= 11 is 12.0. The van der Waals surface area contributed by atoms with Gasteiger partial charge in [0.25, 0.3) is 5.91 Å². The number of hydrogen-bond acceptors (Lipinski definition) is 4. The van der Waals surface area contributed by atoms with Crippen molar-refractivity contribution in [2.45, 2.75) is 6.92 Å². The molecular formula is C19H16Cl2N4O. The van der Waals surface area contributed by atoms with Crippen LogP contribution in [-0.4, -0.2) is 22.9 Å². The molecule has 0 unspecified atom stereocenters. The Morgan fingerprint density at radius 1 is 1.00 bits per heavy atom. The molecule has 26 heavy (non-hydrogen) atoms. The van der Waals surface area contributed by atoms with E-state index >= 15 is 0 Å². The molecule has 0 saturated carbocycles. The van der Waals surface area contributed by atoms with Crippen LogP contribution < -0.4 is 10.2 Å². The number of aromatic nitrogens is 2. The van der Waals surface area contributed by atoms with Gasteiger partial charge in [0.2, 0.25) is 0 Å². The Balaban J connectivity index is 1.87. The van der Waals surface area contributed by atoms with Crippen molar-refractivity contribution in [2.75, 3.05) is 17.3 Å². The number of halogens is 2. The number of para-hydroxylation sites is 1. The second-order valence-corrected chi connectivity index (χ2v) is 6.45. The van der Waals surface area contributed by atoms with Crippen LogP contribution in [0, 0.1) is 6.92 Å². The van der Waals surface area contributed by atoms with Crippen molar-refractivity contribution >= 4 is 46.3 Å². The highest BCUT2D eigenvalue weighted by Crippen LogP contribution is 2.27. The van der Waals surface area contributed by atoms with Crippen LogP contribution in [0.2, 0.25) is 10.0 Å². The molecule has 7 heteroatoms. The summed E-state index contributed by atoms with van der Waals surface area (Å²) in [4.78, 5) is 22.9.